The Kier molecular flexibility index (Phi) is 52.7. The highest BCUT2D eigenvalue weighted by Crippen LogP contribution is 2.60. The lowest BCUT2D eigenvalue weighted by atomic mass is 9.86. The Balaban J connectivity index is -0.00000159. The SMILES string of the molecule is C.C.C.C.C.C.CCC(CC(CC(C)C(=O)O)C(=O)OCCCOCCCOCCCOCCCOCCCOCCCOCCCOCCCO)C(=O)OCCC(F)(F)C(F)(F)C(F)(F)C(F)(F)C(F)(F)C(F)(F)F. The largest absolute Gasteiger partial charge is 0.481 e. The van der Waals surface area contributed by atoms with Gasteiger partial charge in [0.15, 0.2) is 0 Å². The second-order valence-corrected chi connectivity index (χ2v) is 15.9. The summed E-state index contributed by atoms with van der Waals surface area (Å²) >= 11 is 0. The van der Waals surface area contributed by atoms with Crippen LogP contribution in [0.5, 0.6) is 0 Å². The zero-order valence-electron chi connectivity index (χ0n) is 39.4. The Morgan fingerprint density at radius 2 is 0.697 bits per heavy atom. The maximum Gasteiger partial charge on any atom is 0.460 e. The van der Waals surface area contributed by atoms with Crippen molar-refractivity contribution in [2.24, 2.45) is 17.8 Å². The van der Waals surface area contributed by atoms with Crippen LogP contribution < -0.4 is 0 Å². The summed E-state index contributed by atoms with van der Waals surface area (Å²) in [6.07, 6.45) is -6.45. The molecule has 0 bridgehead atoms. The summed E-state index contributed by atoms with van der Waals surface area (Å²) in [6, 6.07) is 0. The summed E-state index contributed by atoms with van der Waals surface area (Å²) in [5.41, 5.74) is 0. The van der Waals surface area contributed by atoms with Crippen molar-refractivity contribution in [2.45, 2.75) is 171 Å². The first-order valence-electron chi connectivity index (χ1n) is 22.9. The van der Waals surface area contributed by atoms with E-state index in [1.54, 1.807) is 0 Å². The van der Waals surface area contributed by atoms with E-state index in [2.05, 4.69) is 4.74 Å². The molecule has 27 heteroatoms. The van der Waals surface area contributed by atoms with Gasteiger partial charge in [0.25, 0.3) is 0 Å². The fourth-order valence-corrected chi connectivity index (χ4v) is 5.86. The first-order chi connectivity index (χ1) is 32.8. The molecule has 0 aromatic carbocycles. The predicted octanol–water partition coefficient (Wildman–Crippen LogP) is 12.4. The molecule has 3 unspecified atom stereocenters. The van der Waals surface area contributed by atoms with Crippen molar-refractivity contribution in [1.82, 2.24) is 0 Å². The van der Waals surface area contributed by atoms with Crippen molar-refractivity contribution in [2.75, 3.05) is 112 Å². The van der Waals surface area contributed by atoms with Gasteiger partial charge in [0.1, 0.15) is 0 Å². The summed E-state index contributed by atoms with van der Waals surface area (Å²) in [5, 5.41) is 18.0. The van der Waals surface area contributed by atoms with Gasteiger partial charge in [-0.05, 0) is 64.2 Å². The summed E-state index contributed by atoms with van der Waals surface area (Å²) in [5.74, 6) is -45.9. The van der Waals surface area contributed by atoms with E-state index in [0.29, 0.717) is 105 Å². The number of aliphatic hydroxyl groups excluding tert-OH is 1. The topological polar surface area (TPSA) is 175 Å². The first-order valence-corrected chi connectivity index (χ1v) is 22.9. The van der Waals surface area contributed by atoms with Crippen molar-refractivity contribution >= 4 is 17.9 Å². The predicted molar refractivity (Wildman–Crippen MR) is 261 cm³/mol. The fraction of sp³-hybridized carbons (Fsp3) is 0.939. The first kappa shape index (κ1) is 87.1. The van der Waals surface area contributed by atoms with Crippen molar-refractivity contribution in [3.63, 3.8) is 0 Å². The van der Waals surface area contributed by atoms with Gasteiger partial charge >= 0.3 is 53.7 Å². The molecule has 0 fully saturated rings. The number of carboxylic acid groups (broad SMARTS) is 1. The Morgan fingerprint density at radius 1 is 0.408 bits per heavy atom. The van der Waals surface area contributed by atoms with Gasteiger partial charge in [-0.15, -0.1) is 0 Å². The molecular formula is C49H93F13O14. The molecular weight excluding hydrogens is 1060 g/mol. The highest BCUT2D eigenvalue weighted by Gasteiger charge is 2.90. The minimum Gasteiger partial charge on any atom is -0.481 e. The fourth-order valence-electron chi connectivity index (χ4n) is 5.86. The number of carbonyl (C=O) groups is 3. The van der Waals surface area contributed by atoms with Crippen LogP contribution in [0.3, 0.4) is 0 Å². The molecule has 0 aliphatic rings. The van der Waals surface area contributed by atoms with E-state index in [1.165, 1.54) is 13.8 Å². The molecule has 0 aliphatic carbocycles. The Morgan fingerprint density at radius 3 is 1.00 bits per heavy atom. The van der Waals surface area contributed by atoms with Crippen molar-refractivity contribution < 1.29 is 124 Å². The van der Waals surface area contributed by atoms with Gasteiger partial charge in [0.2, 0.25) is 0 Å². The molecule has 0 heterocycles. The second kappa shape index (κ2) is 46.0. The molecule has 0 saturated carbocycles. The quantitative estimate of drug-likeness (QED) is 0.0335. The number of aliphatic carboxylic acids is 1. The molecule has 0 radical (unpaired) electrons. The molecule has 0 aliphatic heterocycles. The van der Waals surface area contributed by atoms with Gasteiger partial charge in [0.05, 0.1) is 37.4 Å². The van der Waals surface area contributed by atoms with E-state index < -0.39 is 97.3 Å². The molecule has 76 heavy (non-hydrogen) atoms. The van der Waals surface area contributed by atoms with Crippen LogP contribution in [0.25, 0.3) is 0 Å². The number of rotatable bonds is 46. The van der Waals surface area contributed by atoms with E-state index >= 15 is 0 Å². The van der Waals surface area contributed by atoms with Gasteiger partial charge in [-0.1, -0.05) is 58.4 Å². The van der Waals surface area contributed by atoms with Crippen LogP contribution in [0.4, 0.5) is 57.1 Å². The maximum atomic E-state index is 14.2. The zero-order chi connectivity index (χ0) is 53.3. The smallest absolute Gasteiger partial charge is 0.460 e. The van der Waals surface area contributed by atoms with Crippen LogP contribution in [0.2, 0.25) is 0 Å². The van der Waals surface area contributed by atoms with Crippen LogP contribution in [0.1, 0.15) is 135 Å². The van der Waals surface area contributed by atoms with E-state index in [1.807, 2.05) is 0 Å². The Bertz CT molecular complexity index is 1400. The molecule has 464 valence electrons. The monoisotopic (exact) mass is 1150 g/mol. The summed E-state index contributed by atoms with van der Waals surface area (Å²) in [7, 11) is 0. The molecule has 0 amide bonds. The average Bonchev–Trinajstić information content (AvgIpc) is 3.28. The molecule has 2 N–H and O–H groups in total. The number of halogens is 13. The summed E-state index contributed by atoms with van der Waals surface area (Å²) in [4.78, 5) is 37.0. The third kappa shape index (κ3) is 32.3. The number of hydrogen-bond donors (Lipinski definition) is 2. The van der Waals surface area contributed by atoms with Gasteiger partial charge < -0.3 is 52.8 Å². The molecule has 0 rings (SSSR count). The number of alkyl halides is 13. The standard InChI is InChI=1S/C43H69F13O14.6CH4/c1-3-33(36(60)70-29-12-38(44,45)39(46,47)40(48,49)41(50,51)42(52,53)43(54,55)56)31-34(30-32(2)35(58)59)37(61)69-28-11-27-68-26-10-25-67-24-9-23-66-22-8-21-65-20-7-19-64-18-6-17-63-16-5-15-62-14-4-13-57;;;;;;/h32-34,57H,3-31H2,1-2H3,(H,58,59);6*1H4. The molecule has 0 spiro atoms. The van der Waals surface area contributed by atoms with Crippen LogP contribution >= 0.6 is 0 Å². The minimum absolute atomic E-state index is 0. The molecule has 0 aromatic heterocycles. The highest BCUT2D eigenvalue weighted by atomic mass is 19.4. The number of carbonyl (C=O) groups excluding carboxylic acids is 2. The molecule has 0 saturated heterocycles. The van der Waals surface area contributed by atoms with E-state index in [0.717, 1.165) is 25.7 Å². The average molecular weight is 1150 g/mol. The lowest BCUT2D eigenvalue weighted by Crippen LogP contribution is -2.70. The van der Waals surface area contributed by atoms with Crippen LogP contribution in [0.15, 0.2) is 0 Å². The number of ether oxygens (including phenoxy) is 9. The lowest BCUT2D eigenvalue weighted by Gasteiger charge is -2.39. The molecule has 3 atom stereocenters. The van der Waals surface area contributed by atoms with Gasteiger partial charge in [-0.3, -0.25) is 14.4 Å². The van der Waals surface area contributed by atoms with Crippen LogP contribution in [0, 0.1) is 17.8 Å². The third-order valence-corrected chi connectivity index (χ3v) is 10.0. The zero-order valence-corrected chi connectivity index (χ0v) is 39.4. The van der Waals surface area contributed by atoms with Crippen LogP contribution in [-0.2, 0) is 57.0 Å². The highest BCUT2D eigenvalue weighted by molar-refractivity contribution is 5.77. The van der Waals surface area contributed by atoms with Crippen molar-refractivity contribution in [3.8, 4) is 0 Å². The van der Waals surface area contributed by atoms with E-state index in [4.69, 9.17) is 43.0 Å². The van der Waals surface area contributed by atoms with Gasteiger partial charge in [-0.2, -0.15) is 57.1 Å². The van der Waals surface area contributed by atoms with E-state index in [9.17, 15) is 76.6 Å². The third-order valence-electron chi connectivity index (χ3n) is 10.0. The van der Waals surface area contributed by atoms with Gasteiger partial charge in [0, 0.05) is 106 Å². The van der Waals surface area contributed by atoms with Crippen LogP contribution in [-0.4, -0.2) is 176 Å². The molecule has 14 nitrogen and oxygen atoms in total. The molecule has 0 aromatic rings. The summed E-state index contributed by atoms with van der Waals surface area (Å²) < 4.78 is 222. The van der Waals surface area contributed by atoms with Gasteiger partial charge in [-0.25, -0.2) is 0 Å². The van der Waals surface area contributed by atoms with Crippen molar-refractivity contribution in [1.29, 1.82) is 0 Å². The van der Waals surface area contributed by atoms with Crippen molar-refractivity contribution in [3.05, 3.63) is 0 Å². The minimum atomic E-state index is -8.07. The lowest BCUT2D eigenvalue weighted by molar-refractivity contribution is -0.440. The number of esters is 2. The Labute approximate surface area is 443 Å². The summed E-state index contributed by atoms with van der Waals surface area (Å²) in [6.45, 7) is 7.50. The maximum absolute atomic E-state index is 14.2. The normalized spacial score (nSPS) is 13.3. The second-order valence-electron chi connectivity index (χ2n) is 15.9. The number of carboxylic acids is 1. The Hall–Kier alpha value is -2.82. The van der Waals surface area contributed by atoms with E-state index in [-0.39, 0.29) is 77.2 Å². The number of aliphatic hydroxyl groups is 1. The number of hydrogen-bond acceptors (Lipinski definition) is 13.